The predicted molar refractivity (Wildman–Crippen MR) is 121 cm³/mol. The molecule has 0 bridgehead atoms. The van der Waals surface area contributed by atoms with Gasteiger partial charge in [-0.3, -0.25) is 0 Å². The fraction of sp³-hybridized carbons (Fsp3) is 0.0417. The summed E-state index contributed by atoms with van der Waals surface area (Å²) in [6.45, 7) is 2.04. The van der Waals surface area contributed by atoms with Gasteiger partial charge < -0.3 is 0 Å². The number of hydrogen-bond donors (Lipinski definition) is 0. The number of halogens is 1. The first-order valence-corrected chi connectivity index (χ1v) is 10.1. The maximum Gasteiger partial charge on any atom is 0.190 e. The van der Waals surface area contributed by atoms with Gasteiger partial charge in [0.1, 0.15) is 0 Å². The summed E-state index contributed by atoms with van der Waals surface area (Å²) < 4.78 is 1.69. The molecular formula is C24H17ClN6. The Balaban J connectivity index is 1.70. The number of aromatic nitrogens is 6. The van der Waals surface area contributed by atoms with Gasteiger partial charge >= 0.3 is 0 Å². The Labute approximate surface area is 184 Å². The largest absolute Gasteiger partial charge is 0.236 e. The van der Waals surface area contributed by atoms with Crippen LogP contribution in [0, 0.1) is 6.92 Å². The Bertz CT molecular complexity index is 1330. The summed E-state index contributed by atoms with van der Waals surface area (Å²) in [6, 6.07) is 25.4. The molecular weight excluding hydrogens is 408 g/mol. The van der Waals surface area contributed by atoms with Crippen molar-refractivity contribution in [2.24, 2.45) is 0 Å². The second-order valence-corrected chi connectivity index (χ2v) is 7.52. The van der Waals surface area contributed by atoms with Crippen LogP contribution in [-0.2, 0) is 0 Å². The van der Waals surface area contributed by atoms with E-state index in [-0.39, 0.29) is 0 Å². The van der Waals surface area contributed by atoms with Crippen molar-refractivity contribution in [1.29, 1.82) is 0 Å². The van der Waals surface area contributed by atoms with Crippen molar-refractivity contribution in [3.8, 4) is 39.7 Å². The third-order valence-electron chi connectivity index (χ3n) is 4.93. The molecule has 0 N–H and O–H groups in total. The van der Waals surface area contributed by atoms with Gasteiger partial charge in [0, 0.05) is 22.3 Å². The second kappa shape index (κ2) is 8.08. The Morgan fingerprint density at radius 2 is 1.55 bits per heavy atom. The van der Waals surface area contributed by atoms with Crippen molar-refractivity contribution in [3.05, 3.63) is 95.6 Å². The molecule has 0 fully saturated rings. The Morgan fingerprint density at radius 1 is 0.806 bits per heavy atom. The van der Waals surface area contributed by atoms with Gasteiger partial charge in [0.25, 0.3) is 0 Å². The minimum Gasteiger partial charge on any atom is -0.236 e. The molecule has 0 aliphatic heterocycles. The molecule has 5 rings (SSSR count). The summed E-state index contributed by atoms with van der Waals surface area (Å²) in [5.74, 6) is 1.19. The van der Waals surface area contributed by atoms with E-state index in [1.54, 1.807) is 10.9 Å². The molecule has 2 aromatic heterocycles. The topological polar surface area (TPSA) is 69.4 Å². The lowest BCUT2D eigenvalue weighted by Gasteiger charge is -2.11. The van der Waals surface area contributed by atoms with Crippen LogP contribution in [0.15, 0.2) is 85.1 Å². The minimum absolute atomic E-state index is 0.563. The van der Waals surface area contributed by atoms with E-state index in [9.17, 15) is 0 Å². The number of tetrazole rings is 1. The molecule has 7 heteroatoms. The third-order valence-corrected chi connectivity index (χ3v) is 5.18. The lowest BCUT2D eigenvalue weighted by Crippen LogP contribution is -2.03. The number of aryl methyl sites for hydroxylation is 1. The quantitative estimate of drug-likeness (QED) is 0.385. The zero-order valence-electron chi connectivity index (χ0n) is 16.6. The van der Waals surface area contributed by atoms with Crippen molar-refractivity contribution in [2.45, 2.75) is 6.92 Å². The van der Waals surface area contributed by atoms with Gasteiger partial charge in [0.2, 0.25) is 0 Å². The third kappa shape index (κ3) is 3.81. The highest BCUT2D eigenvalue weighted by Gasteiger charge is 2.19. The number of rotatable bonds is 4. The summed E-state index contributed by atoms with van der Waals surface area (Å²) >= 11 is 6.11. The molecule has 0 unspecified atom stereocenters. The standard InChI is InChI=1S/C24H17ClN6/c1-16-7-13-20(14-8-16)31-24(28-29-30-31)21-15-26-23(18-5-3-2-4-6-18)27-22(21)17-9-11-19(25)12-10-17/h2-15H,1H3. The molecule has 3 aromatic carbocycles. The van der Waals surface area contributed by atoms with Crippen LogP contribution in [0.25, 0.3) is 39.7 Å². The first-order valence-electron chi connectivity index (χ1n) is 9.73. The van der Waals surface area contributed by atoms with Crippen molar-refractivity contribution in [2.75, 3.05) is 0 Å². The van der Waals surface area contributed by atoms with Crippen LogP contribution in [0.2, 0.25) is 5.02 Å². The summed E-state index contributed by atoms with van der Waals surface area (Å²) in [4.78, 5) is 9.50. The molecule has 0 saturated carbocycles. The molecule has 0 spiro atoms. The van der Waals surface area contributed by atoms with Gasteiger partial charge in [-0.15, -0.1) is 5.10 Å². The Hall–Kier alpha value is -3.90. The fourth-order valence-corrected chi connectivity index (χ4v) is 3.44. The molecule has 0 aliphatic rings. The van der Waals surface area contributed by atoms with E-state index in [0.29, 0.717) is 16.7 Å². The van der Waals surface area contributed by atoms with Crippen LogP contribution < -0.4 is 0 Å². The Kier molecular flexibility index (Phi) is 4.98. The first kappa shape index (κ1) is 19.1. The highest BCUT2D eigenvalue weighted by molar-refractivity contribution is 6.30. The Morgan fingerprint density at radius 3 is 2.29 bits per heavy atom. The van der Waals surface area contributed by atoms with Crippen LogP contribution >= 0.6 is 11.6 Å². The molecule has 31 heavy (non-hydrogen) atoms. The van der Waals surface area contributed by atoms with Crippen LogP contribution in [-0.4, -0.2) is 30.2 Å². The smallest absolute Gasteiger partial charge is 0.190 e. The van der Waals surface area contributed by atoms with Gasteiger partial charge in [-0.1, -0.05) is 71.8 Å². The van der Waals surface area contributed by atoms with E-state index in [1.165, 1.54) is 0 Å². The summed E-state index contributed by atoms with van der Waals surface area (Å²) in [5.41, 5.74) is 5.32. The van der Waals surface area contributed by atoms with Gasteiger partial charge in [0.05, 0.1) is 16.9 Å². The first-order chi connectivity index (χ1) is 15.2. The van der Waals surface area contributed by atoms with E-state index in [4.69, 9.17) is 16.6 Å². The van der Waals surface area contributed by atoms with E-state index in [1.807, 2.05) is 85.8 Å². The lowest BCUT2D eigenvalue weighted by atomic mass is 10.1. The van der Waals surface area contributed by atoms with Gasteiger partial charge in [0.15, 0.2) is 11.6 Å². The molecule has 5 aromatic rings. The number of hydrogen-bond acceptors (Lipinski definition) is 5. The van der Waals surface area contributed by atoms with Crippen LogP contribution in [0.4, 0.5) is 0 Å². The van der Waals surface area contributed by atoms with Crippen LogP contribution in [0.5, 0.6) is 0 Å². The normalized spacial score (nSPS) is 10.9. The monoisotopic (exact) mass is 424 g/mol. The molecule has 0 amide bonds. The lowest BCUT2D eigenvalue weighted by molar-refractivity contribution is 0.791. The molecule has 0 atom stereocenters. The summed E-state index contributed by atoms with van der Waals surface area (Å²) in [6.07, 6.45) is 1.77. The van der Waals surface area contributed by atoms with Crippen molar-refractivity contribution in [3.63, 3.8) is 0 Å². The maximum absolute atomic E-state index is 6.11. The van der Waals surface area contributed by atoms with E-state index in [2.05, 4.69) is 20.5 Å². The minimum atomic E-state index is 0.563. The van der Waals surface area contributed by atoms with E-state index in [0.717, 1.165) is 33.6 Å². The number of nitrogens with zero attached hydrogens (tertiary/aromatic N) is 6. The highest BCUT2D eigenvalue weighted by atomic mass is 35.5. The predicted octanol–water partition coefficient (Wildman–Crippen LogP) is 5.42. The highest BCUT2D eigenvalue weighted by Crippen LogP contribution is 2.32. The van der Waals surface area contributed by atoms with Gasteiger partial charge in [-0.05, 0) is 41.6 Å². The van der Waals surface area contributed by atoms with Crippen LogP contribution in [0.3, 0.4) is 0 Å². The molecule has 2 heterocycles. The zero-order valence-corrected chi connectivity index (χ0v) is 17.4. The average Bonchev–Trinajstić information content (AvgIpc) is 3.30. The molecule has 0 saturated heterocycles. The maximum atomic E-state index is 6.11. The zero-order chi connectivity index (χ0) is 21.2. The van der Waals surface area contributed by atoms with E-state index < -0.39 is 0 Å². The second-order valence-electron chi connectivity index (χ2n) is 7.08. The molecule has 0 aliphatic carbocycles. The van der Waals surface area contributed by atoms with E-state index >= 15 is 0 Å². The molecule has 6 nitrogen and oxygen atoms in total. The van der Waals surface area contributed by atoms with Gasteiger partial charge in [-0.25, -0.2) is 9.97 Å². The fourth-order valence-electron chi connectivity index (χ4n) is 3.31. The number of benzene rings is 3. The molecule has 150 valence electrons. The van der Waals surface area contributed by atoms with Gasteiger partial charge in [-0.2, -0.15) is 4.68 Å². The van der Waals surface area contributed by atoms with Crippen molar-refractivity contribution < 1.29 is 0 Å². The summed E-state index contributed by atoms with van der Waals surface area (Å²) in [5, 5.41) is 13.1. The van der Waals surface area contributed by atoms with Crippen molar-refractivity contribution in [1.82, 2.24) is 30.2 Å². The summed E-state index contributed by atoms with van der Waals surface area (Å²) in [7, 11) is 0. The van der Waals surface area contributed by atoms with Crippen molar-refractivity contribution >= 4 is 11.6 Å². The molecule has 0 radical (unpaired) electrons. The van der Waals surface area contributed by atoms with Crippen LogP contribution in [0.1, 0.15) is 5.56 Å². The average molecular weight is 425 g/mol. The SMILES string of the molecule is Cc1ccc(-n2nnnc2-c2cnc(-c3ccccc3)nc2-c2ccc(Cl)cc2)cc1.